The molecule has 9 heteroatoms. The second-order valence-electron chi connectivity index (χ2n) is 9.65. The molecule has 2 amide bonds. The lowest BCUT2D eigenvalue weighted by Crippen LogP contribution is -2.52. The number of nitrogens with zero attached hydrogens (tertiary/aromatic N) is 2. The quantitative estimate of drug-likeness (QED) is 0.522. The third-order valence-corrected chi connectivity index (χ3v) is 7.67. The molecule has 1 N–H and O–H groups in total. The first-order valence-electron chi connectivity index (χ1n) is 12.3. The van der Waals surface area contributed by atoms with E-state index in [4.69, 9.17) is 4.74 Å². The highest BCUT2D eigenvalue weighted by molar-refractivity contribution is 7.92. The van der Waals surface area contributed by atoms with E-state index in [9.17, 15) is 18.0 Å². The first-order valence-corrected chi connectivity index (χ1v) is 14.1. The highest BCUT2D eigenvalue weighted by Gasteiger charge is 2.31. The number of methoxy groups -OCH3 is 1. The van der Waals surface area contributed by atoms with Crippen LogP contribution in [0.25, 0.3) is 0 Å². The Morgan fingerprint density at radius 2 is 1.72 bits per heavy atom. The number of sulfonamides is 1. The van der Waals surface area contributed by atoms with Crippen molar-refractivity contribution in [3.8, 4) is 5.75 Å². The summed E-state index contributed by atoms with van der Waals surface area (Å²) in [4.78, 5) is 28.3. The topological polar surface area (TPSA) is 96.0 Å². The van der Waals surface area contributed by atoms with Crippen LogP contribution in [-0.4, -0.2) is 57.1 Å². The second kappa shape index (κ2) is 11.8. The summed E-state index contributed by atoms with van der Waals surface area (Å²) in [5, 5.41) is 3.06. The van der Waals surface area contributed by atoms with Gasteiger partial charge >= 0.3 is 0 Å². The van der Waals surface area contributed by atoms with Gasteiger partial charge in [0.05, 0.1) is 19.1 Å². The predicted octanol–water partition coefficient (Wildman–Crippen LogP) is 3.55. The van der Waals surface area contributed by atoms with Gasteiger partial charge in [-0.1, -0.05) is 31.0 Å². The summed E-state index contributed by atoms with van der Waals surface area (Å²) >= 11 is 0. The van der Waals surface area contributed by atoms with Crippen LogP contribution in [0.3, 0.4) is 0 Å². The van der Waals surface area contributed by atoms with E-state index < -0.39 is 28.5 Å². The number of hydrogen-bond acceptors (Lipinski definition) is 5. The summed E-state index contributed by atoms with van der Waals surface area (Å²) in [6.45, 7) is 5.17. The highest BCUT2D eigenvalue weighted by Crippen LogP contribution is 2.23. The summed E-state index contributed by atoms with van der Waals surface area (Å²) in [5.41, 5.74) is 2.99. The second-order valence-corrected chi connectivity index (χ2v) is 11.6. The lowest BCUT2D eigenvalue weighted by atomic mass is 10.1. The Hall–Kier alpha value is -3.07. The Balaban J connectivity index is 1.91. The molecule has 0 saturated heterocycles. The van der Waals surface area contributed by atoms with Crippen molar-refractivity contribution in [2.75, 3.05) is 24.2 Å². The maximum absolute atomic E-state index is 13.7. The first-order chi connectivity index (χ1) is 17.0. The fraction of sp³-hybridized carbons (Fsp3) is 0.481. The van der Waals surface area contributed by atoms with E-state index in [1.807, 2.05) is 32.0 Å². The molecule has 0 aromatic heterocycles. The van der Waals surface area contributed by atoms with Gasteiger partial charge in [-0.25, -0.2) is 8.42 Å². The van der Waals surface area contributed by atoms with Gasteiger partial charge in [-0.2, -0.15) is 0 Å². The van der Waals surface area contributed by atoms with Crippen LogP contribution in [0.2, 0.25) is 0 Å². The van der Waals surface area contributed by atoms with Crippen LogP contribution in [0.15, 0.2) is 42.5 Å². The molecule has 0 bridgehead atoms. The molecule has 0 aliphatic heterocycles. The van der Waals surface area contributed by atoms with Crippen LogP contribution in [0.4, 0.5) is 5.69 Å². The number of benzene rings is 2. The van der Waals surface area contributed by atoms with Crippen LogP contribution in [0.5, 0.6) is 5.75 Å². The Morgan fingerprint density at radius 1 is 1.08 bits per heavy atom. The van der Waals surface area contributed by atoms with Crippen molar-refractivity contribution in [2.24, 2.45) is 0 Å². The van der Waals surface area contributed by atoms with E-state index in [1.54, 1.807) is 38.3 Å². The Labute approximate surface area is 214 Å². The number of ether oxygens (including phenoxy) is 1. The van der Waals surface area contributed by atoms with Crippen LogP contribution in [0, 0.1) is 13.8 Å². The average molecular weight is 516 g/mol. The van der Waals surface area contributed by atoms with Gasteiger partial charge in [-0.15, -0.1) is 0 Å². The van der Waals surface area contributed by atoms with E-state index in [2.05, 4.69) is 5.32 Å². The normalized spacial score (nSPS) is 14.8. The van der Waals surface area contributed by atoms with Crippen molar-refractivity contribution in [2.45, 2.75) is 65.1 Å². The summed E-state index contributed by atoms with van der Waals surface area (Å²) in [6.07, 6.45) is 5.09. The monoisotopic (exact) mass is 515 g/mol. The van der Waals surface area contributed by atoms with Crippen LogP contribution >= 0.6 is 0 Å². The minimum atomic E-state index is -3.76. The summed E-state index contributed by atoms with van der Waals surface area (Å²) in [7, 11) is -2.20. The molecule has 2 aromatic carbocycles. The highest BCUT2D eigenvalue weighted by atomic mass is 32.2. The molecule has 1 fully saturated rings. The van der Waals surface area contributed by atoms with Gasteiger partial charge in [0.15, 0.2) is 0 Å². The van der Waals surface area contributed by atoms with Gasteiger partial charge in [0.25, 0.3) is 0 Å². The molecule has 196 valence electrons. The number of anilines is 1. The number of hydrogen-bond donors (Lipinski definition) is 1. The average Bonchev–Trinajstić information content (AvgIpc) is 3.32. The number of carbonyl (C=O) groups is 2. The molecule has 1 aliphatic rings. The van der Waals surface area contributed by atoms with Crippen molar-refractivity contribution in [1.29, 1.82) is 0 Å². The molecular formula is C27H37N3O5S. The molecule has 36 heavy (non-hydrogen) atoms. The maximum atomic E-state index is 13.7. The van der Waals surface area contributed by atoms with Gasteiger partial charge in [-0.3, -0.25) is 13.9 Å². The summed E-state index contributed by atoms with van der Waals surface area (Å²) in [5.74, 6) is -0.0668. The number of rotatable bonds is 10. The van der Waals surface area contributed by atoms with Crippen molar-refractivity contribution < 1.29 is 22.7 Å². The zero-order valence-electron chi connectivity index (χ0n) is 21.8. The van der Waals surface area contributed by atoms with Crippen LogP contribution < -0.4 is 14.4 Å². The van der Waals surface area contributed by atoms with Crippen molar-refractivity contribution in [3.05, 3.63) is 59.2 Å². The first kappa shape index (κ1) is 27.5. The van der Waals surface area contributed by atoms with Gasteiger partial charge in [0.2, 0.25) is 21.8 Å². The summed E-state index contributed by atoms with van der Waals surface area (Å²) < 4.78 is 31.9. The number of aryl methyl sites for hydroxylation is 2. The third-order valence-electron chi connectivity index (χ3n) is 6.53. The standard InChI is InChI=1S/C27H37N3O5S/c1-19-13-20(2)15-24(14-19)30(36(5,33)34)18-26(31)29(17-22-9-8-12-25(16-22)35-4)21(3)27(32)28-23-10-6-7-11-23/h8-9,12-16,21,23H,6-7,10-11,17-18H2,1-5H3,(H,28,32). The Kier molecular flexibility index (Phi) is 9.00. The molecular weight excluding hydrogens is 478 g/mol. The number of carbonyl (C=O) groups excluding carboxylic acids is 2. The zero-order valence-corrected chi connectivity index (χ0v) is 22.6. The summed E-state index contributed by atoms with van der Waals surface area (Å²) in [6, 6.07) is 12.0. The lowest BCUT2D eigenvalue weighted by molar-refractivity contribution is -0.139. The molecule has 1 aliphatic carbocycles. The zero-order chi connectivity index (χ0) is 26.5. The fourth-order valence-corrected chi connectivity index (χ4v) is 5.48. The SMILES string of the molecule is COc1cccc(CN(C(=O)CN(c2cc(C)cc(C)c2)S(C)(=O)=O)C(C)C(=O)NC2CCCC2)c1. The van der Waals surface area contributed by atoms with E-state index in [1.165, 1.54) is 4.90 Å². The van der Waals surface area contributed by atoms with Crippen LogP contribution in [0.1, 0.15) is 49.3 Å². The van der Waals surface area contributed by atoms with Gasteiger partial charge in [0, 0.05) is 12.6 Å². The molecule has 3 rings (SSSR count). The van der Waals surface area contributed by atoms with E-state index in [0.29, 0.717) is 11.4 Å². The molecule has 2 aromatic rings. The van der Waals surface area contributed by atoms with E-state index >= 15 is 0 Å². The van der Waals surface area contributed by atoms with Crippen LogP contribution in [-0.2, 0) is 26.2 Å². The smallest absolute Gasteiger partial charge is 0.244 e. The fourth-order valence-electron chi connectivity index (χ4n) is 4.65. The van der Waals surface area contributed by atoms with E-state index in [0.717, 1.165) is 52.9 Å². The molecule has 1 atom stereocenters. The molecule has 0 heterocycles. The minimum absolute atomic E-state index is 0.108. The largest absolute Gasteiger partial charge is 0.497 e. The Morgan fingerprint density at radius 3 is 2.31 bits per heavy atom. The van der Waals surface area contributed by atoms with Crippen molar-refractivity contribution in [3.63, 3.8) is 0 Å². The van der Waals surface area contributed by atoms with Gasteiger partial charge in [-0.05, 0) is 74.6 Å². The molecule has 0 spiro atoms. The molecule has 1 unspecified atom stereocenters. The molecule has 1 saturated carbocycles. The third kappa shape index (κ3) is 7.22. The van der Waals surface area contributed by atoms with E-state index in [-0.39, 0.29) is 18.5 Å². The number of nitrogens with one attached hydrogen (secondary N) is 1. The van der Waals surface area contributed by atoms with Gasteiger partial charge < -0.3 is 15.0 Å². The minimum Gasteiger partial charge on any atom is -0.497 e. The predicted molar refractivity (Wildman–Crippen MR) is 142 cm³/mol. The maximum Gasteiger partial charge on any atom is 0.244 e. The Bertz CT molecular complexity index is 1170. The van der Waals surface area contributed by atoms with Gasteiger partial charge in [0.1, 0.15) is 18.3 Å². The lowest BCUT2D eigenvalue weighted by Gasteiger charge is -2.32. The van der Waals surface area contributed by atoms with Crippen molar-refractivity contribution in [1.82, 2.24) is 10.2 Å². The molecule has 8 nitrogen and oxygen atoms in total. The molecule has 0 radical (unpaired) electrons. The number of amides is 2. The van der Waals surface area contributed by atoms with Crippen molar-refractivity contribution >= 4 is 27.5 Å².